The van der Waals surface area contributed by atoms with Crippen molar-refractivity contribution in [2.24, 2.45) is 5.73 Å². The van der Waals surface area contributed by atoms with Crippen molar-refractivity contribution in [2.75, 3.05) is 0 Å². The lowest BCUT2D eigenvalue weighted by molar-refractivity contribution is 0.389. The highest BCUT2D eigenvalue weighted by atomic mass is 35.5. The van der Waals surface area contributed by atoms with Gasteiger partial charge in [0.15, 0.2) is 0 Å². The molecule has 1 nitrogen and oxygen atoms in total. The molecule has 0 aromatic carbocycles. The number of alkyl halides is 2. The summed E-state index contributed by atoms with van der Waals surface area (Å²) in [5.74, 6) is 0. The maximum absolute atomic E-state index is 5.58. The third-order valence-corrected chi connectivity index (χ3v) is 1.74. The molecule has 1 aliphatic carbocycles. The molecule has 7 heavy (non-hydrogen) atoms. The van der Waals surface area contributed by atoms with Gasteiger partial charge in [-0.3, -0.25) is 0 Å². The van der Waals surface area contributed by atoms with Crippen LogP contribution >= 0.6 is 23.2 Å². The Labute approximate surface area is 52.8 Å². The van der Waals surface area contributed by atoms with E-state index >= 15 is 0 Å². The first-order valence-electron chi connectivity index (χ1n) is 2.23. The molecule has 2 N–H and O–H groups in total. The minimum atomic E-state index is -0.487. The van der Waals surface area contributed by atoms with E-state index in [1.54, 1.807) is 0 Å². The van der Waals surface area contributed by atoms with Gasteiger partial charge in [-0.15, -0.1) is 23.2 Å². The monoisotopic (exact) mass is 139 g/mol. The van der Waals surface area contributed by atoms with Crippen LogP contribution in [0.3, 0.4) is 0 Å². The lowest BCUT2D eigenvalue weighted by atomic mass is 9.93. The van der Waals surface area contributed by atoms with E-state index in [-0.39, 0.29) is 6.04 Å². The van der Waals surface area contributed by atoms with Crippen LogP contribution in [0.15, 0.2) is 0 Å². The van der Waals surface area contributed by atoms with Crippen LogP contribution in [0, 0.1) is 0 Å². The van der Waals surface area contributed by atoms with Crippen LogP contribution in [-0.2, 0) is 0 Å². The highest BCUT2D eigenvalue weighted by Crippen LogP contribution is 2.40. The van der Waals surface area contributed by atoms with Gasteiger partial charge in [-0.25, -0.2) is 0 Å². The van der Waals surface area contributed by atoms with E-state index in [1.807, 2.05) is 0 Å². The fourth-order valence-corrected chi connectivity index (χ4v) is 1.50. The molecule has 0 saturated heterocycles. The van der Waals surface area contributed by atoms with Gasteiger partial charge < -0.3 is 5.73 Å². The van der Waals surface area contributed by atoms with Crippen molar-refractivity contribution in [3.05, 3.63) is 0 Å². The van der Waals surface area contributed by atoms with E-state index in [4.69, 9.17) is 28.9 Å². The molecule has 3 heteroatoms. The standard InChI is InChI=1S/C4H7Cl2N/c5-4(6)1-3(7)2-4/h3H,1-2,7H2. The van der Waals surface area contributed by atoms with Gasteiger partial charge in [0.25, 0.3) is 0 Å². The normalized spacial score (nSPS) is 29.6. The zero-order valence-corrected chi connectivity index (χ0v) is 5.34. The van der Waals surface area contributed by atoms with Gasteiger partial charge in [-0.05, 0) is 12.8 Å². The summed E-state index contributed by atoms with van der Waals surface area (Å²) in [6.07, 6.45) is 1.49. The third kappa shape index (κ3) is 1.21. The number of rotatable bonds is 0. The topological polar surface area (TPSA) is 26.0 Å². The minimum Gasteiger partial charge on any atom is -0.327 e. The van der Waals surface area contributed by atoms with Crippen LogP contribution in [0.4, 0.5) is 0 Å². The number of hydrogen-bond acceptors (Lipinski definition) is 1. The summed E-state index contributed by atoms with van der Waals surface area (Å²) in [4.78, 5) is 0. The smallest absolute Gasteiger partial charge is 0.121 e. The molecule has 0 heterocycles. The number of nitrogens with two attached hydrogens (primary N) is 1. The molecule has 1 aliphatic rings. The Morgan fingerprint density at radius 2 is 1.86 bits per heavy atom. The molecule has 0 atom stereocenters. The molecule has 0 radical (unpaired) electrons. The lowest BCUT2D eigenvalue weighted by Gasteiger charge is -2.35. The molecule has 0 aliphatic heterocycles. The van der Waals surface area contributed by atoms with E-state index in [1.165, 1.54) is 0 Å². The Hall–Kier alpha value is 0.540. The Morgan fingerprint density at radius 3 is 1.86 bits per heavy atom. The highest BCUT2D eigenvalue weighted by Gasteiger charge is 2.38. The first-order chi connectivity index (χ1) is 3.10. The van der Waals surface area contributed by atoms with Crippen molar-refractivity contribution in [1.29, 1.82) is 0 Å². The molecule has 0 aromatic heterocycles. The zero-order chi connectivity index (χ0) is 5.49. The summed E-state index contributed by atoms with van der Waals surface area (Å²) in [5, 5.41) is 0. The first-order valence-corrected chi connectivity index (χ1v) is 2.99. The summed E-state index contributed by atoms with van der Waals surface area (Å²) in [6.45, 7) is 0. The van der Waals surface area contributed by atoms with Crippen LogP contribution in [0.1, 0.15) is 12.8 Å². The van der Waals surface area contributed by atoms with E-state index in [9.17, 15) is 0 Å². The van der Waals surface area contributed by atoms with Crippen molar-refractivity contribution in [2.45, 2.75) is 23.2 Å². The van der Waals surface area contributed by atoms with Crippen molar-refractivity contribution >= 4 is 23.2 Å². The largest absolute Gasteiger partial charge is 0.327 e. The molecule has 1 rings (SSSR count). The van der Waals surface area contributed by atoms with Crippen LogP contribution in [-0.4, -0.2) is 10.4 Å². The molecule has 42 valence electrons. The van der Waals surface area contributed by atoms with Crippen molar-refractivity contribution in [3.63, 3.8) is 0 Å². The van der Waals surface area contributed by atoms with Gasteiger partial charge in [0.2, 0.25) is 0 Å². The Kier molecular flexibility index (Phi) is 1.22. The Morgan fingerprint density at radius 1 is 1.43 bits per heavy atom. The fraction of sp³-hybridized carbons (Fsp3) is 1.00. The summed E-state index contributed by atoms with van der Waals surface area (Å²) in [7, 11) is 0. The Balaban J connectivity index is 2.29. The SMILES string of the molecule is NC1CC(Cl)(Cl)C1. The Bertz CT molecular complexity index is 73.8. The van der Waals surface area contributed by atoms with Crippen LogP contribution in [0.5, 0.6) is 0 Å². The van der Waals surface area contributed by atoms with Gasteiger partial charge in [-0.2, -0.15) is 0 Å². The van der Waals surface area contributed by atoms with Crippen molar-refractivity contribution in [1.82, 2.24) is 0 Å². The second-order valence-corrected chi connectivity index (χ2v) is 3.66. The predicted octanol–water partition coefficient (Wildman–Crippen LogP) is 1.28. The quantitative estimate of drug-likeness (QED) is 0.504. The first kappa shape index (κ1) is 5.67. The predicted molar refractivity (Wildman–Crippen MR) is 31.6 cm³/mol. The van der Waals surface area contributed by atoms with Gasteiger partial charge in [0, 0.05) is 6.04 Å². The number of hydrogen-bond donors (Lipinski definition) is 1. The molecule has 0 amide bonds. The average molecular weight is 140 g/mol. The summed E-state index contributed by atoms with van der Waals surface area (Å²) in [5.41, 5.74) is 5.39. The molecule has 0 bridgehead atoms. The summed E-state index contributed by atoms with van der Waals surface area (Å²) >= 11 is 11.2. The van der Waals surface area contributed by atoms with E-state index in [2.05, 4.69) is 0 Å². The van der Waals surface area contributed by atoms with Gasteiger partial charge in [-0.1, -0.05) is 0 Å². The molecule has 0 aromatic rings. The highest BCUT2D eigenvalue weighted by molar-refractivity contribution is 6.49. The fourth-order valence-electron chi connectivity index (χ4n) is 0.707. The molecule has 0 unspecified atom stereocenters. The zero-order valence-electron chi connectivity index (χ0n) is 3.82. The van der Waals surface area contributed by atoms with E-state index in [0.29, 0.717) is 0 Å². The summed E-state index contributed by atoms with van der Waals surface area (Å²) in [6, 6.07) is 0.245. The summed E-state index contributed by atoms with van der Waals surface area (Å²) < 4.78 is -0.487. The molecular formula is C4H7Cl2N. The van der Waals surface area contributed by atoms with Crippen LogP contribution < -0.4 is 5.73 Å². The van der Waals surface area contributed by atoms with Crippen molar-refractivity contribution in [3.8, 4) is 0 Å². The van der Waals surface area contributed by atoms with Crippen LogP contribution in [0.25, 0.3) is 0 Å². The third-order valence-electron chi connectivity index (χ3n) is 1.12. The minimum absolute atomic E-state index is 0.245. The molecule has 1 fully saturated rings. The van der Waals surface area contributed by atoms with E-state index < -0.39 is 4.33 Å². The second-order valence-electron chi connectivity index (χ2n) is 2.02. The molecule has 1 saturated carbocycles. The average Bonchev–Trinajstić information content (AvgIpc) is 1.27. The lowest BCUT2D eigenvalue weighted by Crippen LogP contribution is -2.43. The maximum atomic E-state index is 5.58. The molecule has 0 spiro atoms. The van der Waals surface area contributed by atoms with Gasteiger partial charge in [0.05, 0.1) is 0 Å². The van der Waals surface area contributed by atoms with Crippen molar-refractivity contribution < 1.29 is 0 Å². The van der Waals surface area contributed by atoms with Crippen LogP contribution in [0.2, 0.25) is 0 Å². The number of halogens is 2. The second kappa shape index (κ2) is 1.51. The molecular weight excluding hydrogens is 133 g/mol. The van der Waals surface area contributed by atoms with Gasteiger partial charge in [0.1, 0.15) is 4.33 Å². The van der Waals surface area contributed by atoms with E-state index in [0.717, 1.165) is 12.8 Å². The maximum Gasteiger partial charge on any atom is 0.121 e. The van der Waals surface area contributed by atoms with Gasteiger partial charge >= 0.3 is 0 Å².